The van der Waals surface area contributed by atoms with Gasteiger partial charge in [0.15, 0.2) is 5.76 Å². The lowest BCUT2D eigenvalue weighted by Crippen LogP contribution is -2.47. The molecule has 5 aromatic rings. The van der Waals surface area contributed by atoms with Crippen LogP contribution in [-0.4, -0.2) is 30.1 Å². The lowest BCUT2D eigenvalue weighted by Gasteiger charge is -2.36. The number of hydrogen-bond donors (Lipinski definition) is 0. The maximum Gasteiger partial charge on any atom is 0.173 e. The van der Waals surface area contributed by atoms with Gasteiger partial charge in [0.05, 0.1) is 45.8 Å². The Bertz CT molecular complexity index is 1510. The Balaban J connectivity index is 1.31. The Morgan fingerprint density at radius 3 is 1.68 bits per heavy atom. The molecule has 0 amide bonds. The van der Waals surface area contributed by atoms with Crippen LogP contribution in [0.4, 0.5) is 0 Å². The summed E-state index contributed by atoms with van der Waals surface area (Å²) < 4.78 is 38.4. The molecule has 0 unspecified atom stereocenters. The van der Waals surface area contributed by atoms with Gasteiger partial charge in [0, 0.05) is 5.56 Å². The van der Waals surface area contributed by atoms with E-state index in [1.54, 1.807) is 6.20 Å². The SMILES string of the molecule is c1ccc(COC[C@@H](OCc2ccccc2)[C@@H](OCc2ccccc2)[C@@H](OCc2ccccc2)[C@@H]2OCc3cnoc32)cc1. The van der Waals surface area contributed by atoms with Crippen LogP contribution in [0.5, 0.6) is 0 Å². The first-order chi connectivity index (χ1) is 21.8. The van der Waals surface area contributed by atoms with E-state index in [0.717, 1.165) is 27.8 Å². The Labute approximate surface area is 258 Å². The fraction of sp³-hybridized carbons (Fsp3) is 0.270. The first kappa shape index (κ1) is 29.9. The zero-order valence-corrected chi connectivity index (χ0v) is 24.6. The predicted molar refractivity (Wildman–Crippen MR) is 165 cm³/mol. The minimum atomic E-state index is -0.589. The highest BCUT2D eigenvalue weighted by atomic mass is 16.6. The molecule has 226 valence electrons. The molecule has 1 aromatic heterocycles. The third kappa shape index (κ3) is 8.08. The van der Waals surface area contributed by atoms with Crippen LogP contribution in [0.3, 0.4) is 0 Å². The van der Waals surface area contributed by atoms with E-state index in [-0.39, 0.29) is 6.61 Å². The standard InChI is InChI=1S/C37H37NO6/c1-5-13-28(14-6-1)22-39-27-33(40-23-29-15-7-2-8-16-29)35(41-24-30-17-9-3-10-18-30)37(42-25-31-19-11-4-12-20-31)36-34-32(26-43-36)21-38-44-34/h1-21,33,35-37H,22-27H2/t33-,35-,36-,37-/m1/s1. The van der Waals surface area contributed by atoms with Gasteiger partial charge < -0.3 is 28.2 Å². The van der Waals surface area contributed by atoms with E-state index in [4.69, 9.17) is 28.2 Å². The number of rotatable bonds is 16. The highest BCUT2D eigenvalue weighted by Crippen LogP contribution is 2.38. The second-order valence-corrected chi connectivity index (χ2v) is 10.8. The van der Waals surface area contributed by atoms with Crippen molar-refractivity contribution in [3.8, 4) is 0 Å². The van der Waals surface area contributed by atoms with Crippen molar-refractivity contribution in [2.24, 2.45) is 0 Å². The van der Waals surface area contributed by atoms with Crippen molar-refractivity contribution in [2.45, 2.75) is 57.5 Å². The number of fused-ring (bicyclic) bond motifs is 1. The van der Waals surface area contributed by atoms with E-state index in [1.807, 2.05) is 121 Å². The van der Waals surface area contributed by atoms with Gasteiger partial charge in [-0.15, -0.1) is 0 Å². The first-order valence-corrected chi connectivity index (χ1v) is 15.0. The summed E-state index contributed by atoms with van der Waals surface area (Å²) in [4.78, 5) is 0. The van der Waals surface area contributed by atoms with Crippen LogP contribution < -0.4 is 0 Å². The van der Waals surface area contributed by atoms with E-state index in [1.165, 1.54) is 0 Å². The molecule has 2 heterocycles. The Kier molecular flexibility index (Phi) is 10.6. The molecule has 1 aliphatic heterocycles. The highest BCUT2D eigenvalue weighted by molar-refractivity contribution is 5.22. The molecule has 0 saturated heterocycles. The van der Waals surface area contributed by atoms with Gasteiger partial charge in [-0.1, -0.05) is 126 Å². The quantitative estimate of drug-likeness (QED) is 0.120. The highest BCUT2D eigenvalue weighted by Gasteiger charge is 2.44. The van der Waals surface area contributed by atoms with Gasteiger partial charge in [-0.2, -0.15) is 0 Å². The molecule has 0 aliphatic carbocycles. The summed E-state index contributed by atoms with van der Waals surface area (Å²) in [5.74, 6) is 0.656. The molecule has 4 atom stereocenters. The van der Waals surface area contributed by atoms with Crippen molar-refractivity contribution >= 4 is 0 Å². The number of hydrogen-bond acceptors (Lipinski definition) is 7. The Morgan fingerprint density at radius 1 is 0.614 bits per heavy atom. The Morgan fingerprint density at radius 2 is 1.11 bits per heavy atom. The third-order valence-corrected chi connectivity index (χ3v) is 7.61. The van der Waals surface area contributed by atoms with Crippen molar-refractivity contribution in [2.75, 3.05) is 6.61 Å². The van der Waals surface area contributed by atoms with Gasteiger partial charge in [-0.05, 0) is 22.3 Å². The Hall–Kier alpha value is -4.11. The van der Waals surface area contributed by atoms with Gasteiger partial charge in [0.25, 0.3) is 0 Å². The minimum Gasteiger partial charge on any atom is -0.374 e. The molecular formula is C37H37NO6. The van der Waals surface area contributed by atoms with Gasteiger partial charge >= 0.3 is 0 Å². The van der Waals surface area contributed by atoms with E-state index in [9.17, 15) is 0 Å². The monoisotopic (exact) mass is 591 g/mol. The van der Waals surface area contributed by atoms with Gasteiger partial charge in [-0.25, -0.2) is 0 Å². The number of benzene rings is 4. The fourth-order valence-electron chi connectivity index (χ4n) is 5.30. The van der Waals surface area contributed by atoms with Crippen molar-refractivity contribution < 1.29 is 28.2 Å². The zero-order valence-electron chi connectivity index (χ0n) is 24.6. The van der Waals surface area contributed by atoms with Crippen molar-refractivity contribution in [3.63, 3.8) is 0 Å². The van der Waals surface area contributed by atoms with Crippen LogP contribution in [0.15, 0.2) is 132 Å². The van der Waals surface area contributed by atoms with Crippen LogP contribution in [0, 0.1) is 0 Å². The molecule has 0 N–H and O–H groups in total. The van der Waals surface area contributed by atoms with Crippen molar-refractivity contribution in [3.05, 3.63) is 161 Å². The molecule has 0 fully saturated rings. The van der Waals surface area contributed by atoms with E-state index < -0.39 is 24.4 Å². The summed E-state index contributed by atoms with van der Waals surface area (Å²) in [7, 11) is 0. The summed E-state index contributed by atoms with van der Waals surface area (Å²) >= 11 is 0. The average Bonchev–Trinajstić information content (AvgIpc) is 3.71. The van der Waals surface area contributed by atoms with Crippen molar-refractivity contribution in [1.82, 2.24) is 5.16 Å². The van der Waals surface area contributed by atoms with Gasteiger partial charge in [0.1, 0.15) is 24.4 Å². The predicted octanol–water partition coefficient (Wildman–Crippen LogP) is 7.22. The summed E-state index contributed by atoms with van der Waals surface area (Å²) in [5.41, 5.74) is 5.13. The average molecular weight is 592 g/mol. The van der Waals surface area contributed by atoms with Crippen LogP contribution in [0.1, 0.15) is 39.7 Å². The number of ether oxygens (including phenoxy) is 5. The van der Waals surface area contributed by atoms with Crippen LogP contribution in [0.2, 0.25) is 0 Å². The van der Waals surface area contributed by atoms with Crippen molar-refractivity contribution in [1.29, 1.82) is 0 Å². The maximum absolute atomic E-state index is 6.76. The zero-order chi connectivity index (χ0) is 29.8. The molecule has 1 aliphatic rings. The molecule has 4 aromatic carbocycles. The summed E-state index contributed by atoms with van der Waals surface area (Å²) in [6.45, 7) is 2.21. The van der Waals surface area contributed by atoms with Crippen LogP contribution >= 0.6 is 0 Å². The third-order valence-electron chi connectivity index (χ3n) is 7.61. The topological polar surface area (TPSA) is 72.2 Å². The number of aromatic nitrogens is 1. The minimum absolute atomic E-state index is 0.280. The van der Waals surface area contributed by atoms with Gasteiger partial charge in [-0.3, -0.25) is 0 Å². The smallest absolute Gasteiger partial charge is 0.173 e. The fourth-order valence-corrected chi connectivity index (χ4v) is 5.30. The molecule has 0 saturated carbocycles. The van der Waals surface area contributed by atoms with E-state index in [2.05, 4.69) is 5.16 Å². The second-order valence-electron chi connectivity index (χ2n) is 10.8. The molecule has 0 bridgehead atoms. The second kappa shape index (κ2) is 15.6. The van der Waals surface area contributed by atoms with Crippen LogP contribution in [0.25, 0.3) is 0 Å². The summed E-state index contributed by atoms with van der Waals surface area (Å²) in [6.07, 6.45) is -0.503. The van der Waals surface area contributed by atoms with Gasteiger partial charge in [0.2, 0.25) is 0 Å². The number of nitrogens with zero attached hydrogens (tertiary/aromatic N) is 1. The van der Waals surface area contributed by atoms with Crippen LogP contribution in [-0.2, 0) is 56.7 Å². The largest absolute Gasteiger partial charge is 0.374 e. The summed E-state index contributed by atoms with van der Waals surface area (Å²) in [6, 6.07) is 40.4. The van der Waals surface area contributed by atoms with E-state index in [0.29, 0.717) is 38.8 Å². The molecule has 7 nitrogen and oxygen atoms in total. The van der Waals surface area contributed by atoms with E-state index >= 15 is 0 Å². The summed E-state index contributed by atoms with van der Waals surface area (Å²) in [5, 5.41) is 4.04. The molecule has 0 spiro atoms. The normalized spacial score (nSPS) is 16.3. The molecular weight excluding hydrogens is 554 g/mol. The maximum atomic E-state index is 6.76. The molecule has 0 radical (unpaired) electrons. The molecule has 44 heavy (non-hydrogen) atoms. The first-order valence-electron chi connectivity index (χ1n) is 15.0. The molecule has 7 heteroatoms. The lowest BCUT2D eigenvalue weighted by molar-refractivity contribution is -0.200. The molecule has 6 rings (SSSR count). The lowest BCUT2D eigenvalue weighted by atomic mass is 10.00.